The molecule has 3 heteroatoms. The summed E-state index contributed by atoms with van der Waals surface area (Å²) in [6.07, 6.45) is 4.24. The maximum Gasteiger partial charge on any atom is 0.129 e. The minimum absolute atomic E-state index is 0.103. The van der Waals surface area contributed by atoms with Gasteiger partial charge in [-0.25, -0.2) is 8.78 Å². The summed E-state index contributed by atoms with van der Waals surface area (Å²) in [6, 6.07) is 3.84. The molecule has 1 aromatic rings. The molecule has 3 rings (SSSR count). The minimum atomic E-state index is -0.514. The quantitative estimate of drug-likeness (QED) is 0.837. The van der Waals surface area contributed by atoms with Crippen LogP contribution in [0.5, 0.6) is 0 Å². The molecule has 0 radical (unpaired) electrons. The van der Waals surface area contributed by atoms with Crippen molar-refractivity contribution >= 4 is 0 Å². The van der Waals surface area contributed by atoms with E-state index in [-0.39, 0.29) is 5.41 Å². The van der Waals surface area contributed by atoms with Crippen LogP contribution < -0.4 is 5.73 Å². The number of halogens is 2. The normalized spacial score (nSPS) is 29.4. The SMILES string of the molecule is NCC1(Cc2ccc(F)cc2F)CC12CC2. The van der Waals surface area contributed by atoms with Crippen molar-refractivity contribution in [3.05, 3.63) is 35.4 Å². The highest BCUT2D eigenvalue weighted by Gasteiger charge is 2.72. The Hall–Kier alpha value is -0.960. The second-order valence-corrected chi connectivity index (χ2v) is 5.35. The number of nitrogens with two attached hydrogens (primary N) is 1. The molecule has 2 aliphatic rings. The Balaban J connectivity index is 1.84. The third kappa shape index (κ3) is 1.31. The highest BCUT2D eigenvalue weighted by atomic mass is 19.1. The lowest BCUT2D eigenvalue weighted by Crippen LogP contribution is -2.21. The first-order valence-electron chi connectivity index (χ1n) is 5.75. The molecule has 2 fully saturated rings. The van der Waals surface area contributed by atoms with Crippen molar-refractivity contribution in [2.75, 3.05) is 6.54 Å². The molecule has 1 atom stereocenters. The summed E-state index contributed by atoms with van der Waals surface area (Å²) in [5.41, 5.74) is 6.94. The summed E-state index contributed by atoms with van der Waals surface area (Å²) in [5.74, 6) is -0.949. The summed E-state index contributed by atoms with van der Waals surface area (Å²) in [7, 11) is 0. The van der Waals surface area contributed by atoms with E-state index in [0.717, 1.165) is 12.5 Å². The number of hydrogen-bond acceptors (Lipinski definition) is 1. The van der Waals surface area contributed by atoms with Gasteiger partial charge < -0.3 is 5.73 Å². The molecule has 0 aromatic heterocycles. The van der Waals surface area contributed by atoms with E-state index in [9.17, 15) is 8.78 Å². The molecular formula is C13H15F2N. The fraction of sp³-hybridized carbons (Fsp3) is 0.538. The molecule has 0 aliphatic heterocycles. The van der Waals surface area contributed by atoms with Gasteiger partial charge in [0, 0.05) is 6.07 Å². The summed E-state index contributed by atoms with van der Waals surface area (Å²) in [4.78, 5) is 0. The zero-order valence-electron chi connectivity index (χ0n) is 9.10. The topological polar surface area (TPSA) is 26.0 Å². The van der Waals surface area contributed by atoms with Crippen LogP contribution in [0.3, 0.4) is 0 Å². The van der Waals surface area contributed by atoms with Gasteiger partial charge in [-0.3, -0.25) is 0 Å². The maximum atomic E-state index is 13.5. The molecule has 0 amide bonds. The fourth-order valence-electron chi connectivity index (χ4n) is 3.10. The van der Waals surface area contributed by atoms with E-state index >= 15 is 0 Å². The van der Waals surface area contributed by atoms with Crippen LogP contribution in [0.2, 0.25) is 0 Å². The molecule has 16 heavy (non-hydrogen) atoms. The molecule has 86 valence electrons. The first kappa shape index (κ1) is 10.2. The molecule has 1 nitrogen and oxygen atoms in total. The Labute approximate surface area is 93.6 Å². The van der Waals surface area contributed by atoms with Gasteiger partial charge >= 0.3 is 0 Å². The van der Waals surface area contributed by atoms with Gasteiger partial charge in [-0.15, -0.1) is 0 Å². The Morgan fingerprint density at radius 3 is 2.50 bits per heavy atom. The van der Waals surface area contributed by atoms with Crippen LogP contribution in [0.25, 0.3) is 0 Å². The largest absolute Gasteiger partial charge is 0.330 e. The van der Waals surface area contributed by atoms with Crippen molar-refractivity contribution in [2.45, 2.75) is 25.7 Å². The average Bonchev–Trinajstić information content (AvgIpc) is 3.13. The Morgan fingerprint density at radius 2 is 2.00 bits per heavy atom. The average molecular weight is 223 g/mol. The number of benzene rings is 1. The van der Waals surface area contributed by atoms with E-state index in [0.29, 0.717) is 23.9 Å². The lowest BCUT2D eigenvalue weighted by atomic mass is 9.92. The highest BCUT2D eigenvalue weighted by molar-refractivity contribution is 5.29. The maximum absolute atomic E-state index is 13.5. The van der Waals surface area contributed by atoms with E-state index in [1.807, 2.05) is 0 Å². The van der Waals surface area contributed by atoms with Crippen LogP contribution in [0, 0.1) is 22.5 Å². The van der Waals surface area contributed by atoms with Crippen LogP contribution in [0.4, 0.5) is 8.78 Å². The van der Waals surface area contributed by atoms with Gasteiger partial charge in [-0.1, -0.05) is 6.07 Å². The molecule has 2 N–H and O–H groups in total. The molecule has 2 aliphatic carbocycles. The van der Waals surface area contributed by atoms with Crippen molar-refractivity contribution in [1.82, 2.24) is 0 Å². The van der Waals surface area contributed by atoms with Gasteiger partial charge in [-0.05, 0) is 54.7 Å². The van der Waals surface area contributed by atoms with Crippen LogP contribution in [0.15, 0.2) is 18.2 Å². The minimum Gasteiger partial charge on any atom is -0.330 e. The van der Waals surface area contributed by atoms with Gasteiger partial charge in [0.25, 0.3) is 0 Å². The molecule has 2 saturated carbocycles. The first-order valence-corrected chi connectivity index (χ1v) is 5.75. The van der Waals surface area contributed by atoms with Crippen molar-refractivity contribution in [3.8, 4) is 0 Å². The summed E-state index contributed by atoms with van der Waals surface area (Å²) >= 11 is 0. The molecule has 1 spiro atoms. The van der Waals surface area contributed by atoms with Gasteiger partial charge in [0.1, 0.15) is 11.6 Å². The zero-order chi connectivity index (χ0) is 11.4. The highest BCUT2D eigenvalue weighted by Crippen LogP contribution is 2.79. The Bertz CT molecular complexity index is 440. The van der Waals surface area contributed by atoms with Crippen LogP contribution in [-0.4, -0.2) is 6.54 Å². The number of hydrogen-bond donors (Lipinski definition) is 1. The standard InChI is InChI=1S/C13H15F2N/c14-10-2-1-9(11(15)5-10)6-13(8-16)7-12(13)3-4-12/h1-2,5H,3-4,6-8,16H2. The van der Waals surface area contributed by atoms with Gasteiger partial charge in [0.15, 0.2) is 0 Å². The van der Waals surface area contributed by atoms with Crippen molar-refractivity contribution in [2.24, 2.45) is 16.6 Å². The predicted molar refractivity (Wildman–Crippen MR) is 57.8 cm³/mol. The summed E-state index contributed by atoms with van der Waals surface area (Å²) in [6.45, 7) is 0.615. The van der Waals surface area contributed by atoms with Crippen molar-refractivity contribution in [3.63, 3.8) is 0 Å². The van der Waals surface area contributed by atoms with Crippen LogP contribution in [0.1, 0.15) is 24.8 Å². The second kappa shape index (κ2) is 3.04. The Morgan fingerprint density at radius 1 is 1.25 bits per heavy atom. The molecule has 0 heterocycles. The lowest BCUT2D eigenvalue weighted by molar-refractivity contribution is 0.440. The zero-order valence-corrected chi connectivity index (χ0v) is 9.10. The molecule has 0 bridgehead atoms. The molecule has 1 aromatic carbocycles. The van der Waals surface area contributed by atoms with Crippen LogP contribution >= 0.6 is 0 Å². The summed E-state index contributed by atoms with van der Waals surface area (Å²) in [5, 5.41) is 0. The van der Waals surface area contributed by atoms with Crippen molar-refractivity contribution < 1.29 is 8.78 Å². The van der Waals surface area contributed by atoms with Gasteiger partial charge in [0.2, 0.25) is 0 Å². The van der Waals surface area contributed by atoms with Gasteiger partial charge in [0.05, 0.1) is 0 Å². The first-order chi connectivity index (χ1) is 7.61. The van der Waals surface area contributed by atoms with E-state index < -0.39 is 11.6 Å². The third-order valence-corrected chi connectivity index (χ3v) is 4.47. The molecule has 0 saturated heterocycles. The smallest absolute Gasteiger partial charge is 0.129 e. The van der Waals surface area contributed by atoms with E-state index in [1.54, 1.807) is 6.07 Å². The van der Waals surface area contributed by atoms with Crippen molar-refractivity contribution in [1.29, 1.82) is 0 Å². The third-order valence-electron chi connectivity index (χ3n) is 4.47. The van der Waals surface area contributed by atoms with E-state index in [4.69, 9.17) is 5.73 Å². The summed E-state index contributed by atoms with van der Waals surface area (Å²) < 4.78 is 26.3. The fourth-order valence-corrected chi connectivity index (χ4v) is 3.10. The lowest BCUT2D eigenvalue weighted by Gasteiger charge is -2.15. The monoisotopic (exact) mass is 223 g/mol. The number of rotatable bonds is 3. The predicted octanol–water partition coefficient (Wildman–Crippen LogP) is 2.64. The molecule has 1 unspecified atom stereocenters. The Kier molecular flexibility index (Phi) is 1.94. The second-order valence-electron chi connectivity index (χ2n) is 5.35. The van der Waals surface area contributed by atoms with E-state index in [1.165, 1.54) is 18.9 Å². The molecular weight excluding hydrogens is 208 g/mol. The van der Waals surface area contributed by atoms with E-state index in [2.05, 4.69) is 0 Å². The van der Waals surface area contributed by atoms with Crippen LogP contribution in [-0.2, 0) is 6.42 Å². The van der Waals surface area contributed by atoms with Gasteiger partial charge in [-0.2, -0.15) is 0 Å².